The summed E-state index contributed by atoms with van der Waals surface area (Å²) in [7, 11) is 0. The Kier molecular flexibility index (Phi) is 4.01. The summed E-state index contributed by atoms with van der Waals surface area (Å²) in [5.41, 5.74) is 4.22. The second-order valence-electron chi connectivity index (χ2n) is 4.54. The molecule has 0 spiro atoms. The summed E-state index contributed by atoms with van der Waals surface area (Å²) in [5.74, 6) is -0.519. The van der Waals surface area contributed by atoms with Crippen LogP contribution in [0.5, 0.6) is 0 Å². The normalized spacial score (nSPS) is 12.5. The zero-order valence-electron chi connectivity index (χ0n) is 10.1. The van der Waals surface area contributed by atoms with E-state index in [2.05, 4.69) is 5.32 Å². The van der Waals surface area contributed by atoms with Crippen molar-refractivity contribution < 1.29 is 18.0 Å². The number of rotatable bonds is 4. The predicted molar refractivity (Wildman–Crippen MR) is 61.6 cm³/mol. The minimum absolute atomic E-state index is 0.272. The van der Waals surface area contributed by atoms with Crippen LogP contribution in [0, 0.1) is 0 Å². The van der Waals surface area contributed by atoms with Crippen molar-refractivity contribution in [3.8, 4) is 0 Å². The lowest BCUT2D eigenvalue weighted by Gasteiger charge is -2.22. The first-order valence-electron chi connectivity index (χ1n) is 5.34. The van der Waals surface area contributed by atoms with Gasteiger partial charge in [-0.2, -0.15) is 13.2 Å². The third-order valence-electron chi connectivity index (χ3n) is 2.63. The Balaban J connectivity index is 2.68. The van der Waals surface area contributed by atoms with Gasteiger partial charge in [0.15, 0.2) is 0 Å². The molecule has 0 bridgehead atoms. The van der Waals surface area contributed by atoms with E-state index in [0.717, 1.165) is 12.1 Å². The van der Waals surface area contributed by atoms with Crippen molar-refractivity contribution in [3.63, 3.8) is 0 Å². The van der Waals surface area contributed by atoms with Gasteiger partial charge in [0.2, 0.25) is 5.91 Å². The van der Waals surface area contributed by atoms with Crippen LogP contribution in [-0.2, 0) is 17.5 Å². The standard InChI is InChI=1S/C12H15F3N2O/c1-11(2,10(16)18)17-7-8-3-5-9(6-4-8)12(13,14)15/h3-6,17H,7H2,1-2H3,(H2,16,18). The molecular weight excluding hydrogens is 245 g/mol. The quantitative estimate of drug-likeness (QED) is 0.870. The molecule has 0 radical (unpaired) electrons. The predicted octanol–water partition coefficient (Wildman–Crippen LogP) is 2.06. The fourth-order valence-corrected chi connectivity index (χ4v) is 1.22. The molecule has 1 amide bonds. The van der Waals surface area contributed by atoms with E-state index in [1.807, 2.05) is 0 Å². The highest BCUT2D eigenvalue weighted by molar-refractivity contribution is 5.83. The van der Waals surface area contributed by atoms with E-state index in [9.17, 15) is 18.0 Å². The maximum atomic E-state index is 12.3. The monoisotopic (exact) mass is 260 g/mol. The molecule has 0 fully saturated rings. The molecule has 3 N–H and O–H groups in total. The first-order chi connectivity index (χ1) is 8.13. The van der Waals surface area contributed by atoms with E-state index in [4.69, 9.17) is 5.73 Å². The van der Waals surface area contributed by atoms with Crippen LogP contribution in [0.2, 0.25) is 0 Å². The number of nitrogens with two attached hydrogens (primary N) is 1. The van der Waals surface area contributed by atoms with Gasteiger partial charge in [-0.3, -0.25) is 10.1 Å². The maximum absolute atomic E-state index is 12.3. The van der Waals surface area contributed by atoms with Crippen LogP contribution in [0.4, 0.5) is 13.2 Å². The molecule has 0 saturated heterocycles. The Morgan fingerprint density at radius 1 is 1.22 bits per heavy atom. The molecule has 0 saturated carbocycles. The first-order valence-corrected chi connectivity index (χ1v) is 5.34. The minimum Gasteiger partial charge on any atom is -0.368 e. The summed E-state index contributed by atoms with van der Waals surface area (Å²) >= 11 is 0. The van der Waals surface area contributed by atoms with E-state index in [1.54, 1.807) is 13.8 Å². The van der Waals surface area contributed by atoms with Gasteiger partial charge < -0.3 is 5.73 Å². The molecule has 0 unspecified atom stereocenters. The largest absolute Gasteiger partial charge is 0.416 e. The molecule has 0 aliphatic carbocycles. The fourth-order valence-electron chi connectivity index (χ4n) is 1.22. The van der Waals surface area contributed by atoms with Crippen LogP contribution < -0.4 is 11.1 Å². The lowest BCUT2D eigenvalue weighted by atomic mass is 10.0. The molecule has 0 aliphatic heterocycles. The van der Waals surface area contributed by atoms with Crippen molar-refractivity contribution in [2.24, 2.45) is 5.73 Å². The van der Waals surface area contributed by atoms with Crippen LogP contribution in [0.15, 0.2) is 24.3 Å². The fraction of sp³-hybridized carbons (Fsp3) is 0.417. The molecule has 1 aromatic rings. The molecule has 0 atom stereocenters. The van der Waals surface area contributed by atoms with Gasteiger partial charge in [0.25, 0.3) is 0 Å². The third-order valence-corrected chi connectivity index (χ3v) is 2.63. The smallest absolute Gasteiger partial charge is 0.368 e. The summed E-state index contributed by atoms with van der Waals surface area (Å²) in [6.45, 7) is 3.49. The van der Waals surface area contributed by atoms with Crippen LogP contribution >= 0.6 is 0 Å². The molecular formula is C12H15F3N2O. The summed E-state index contributed by atoms with van der Waals surface area (Å²) in [6.07, 6.45) is -4.33. The Morgan fingerprint density at radius 2 is 1.72 bits per heavy atom. The van der Waals surface area contributed by atoms with Crippen molar-refractivity contribution in [1.29, 1.82) is 0 Å². The lowest BCUT2D eigenvalue weighted by molar-refractivity contribution is -0.137. The van der Waals surface area contributed by atoms with Crippen molar-refractivity contribution in [3.05, 3.63) is 35.4 Å². The van der Waals surface area contributed by atoms with Crippen molar-refractivity contribution >= 4 is 5.91 Å². The van der Waals surface area contributed by atoms with Crippen LogP contribution in [0.1, 0.15) is 25.0 Å². The number of hydrogen-bond donors (Lipinski definition) is 2. The minimum atomic E-state index is -4.33. The van der Waals surface area contributed by atoms with Crippen LogP contribution in [0.25, 0.3) is 0 Å². The van der Waals surface area contributed by atoms with Gasteiger partial charge in [-0.1, -0.05) is 12.1 Å². The van der Waals surface area contributed by atoms with Gasteiger partial charge in [0, 0.05) is 6.54 Å². The van der Waals surface area contributed by atoms with Gasteiger partial charge >= 0.3 is 6.18 Å². The first kappa shape index (κ1) is 14.5. The number of nitrogens with one attached hydrogen (secondary N) is 1. The number of hydrogen-bond acceptors (Lipinski definition) is 2. The maximum Gasteiger partial charge on any atom is 0.416 e. The average molecular weight is 260 g/mol. The van der Waals surface area contributed by atoms with Crippen molar-refractivity contribution in [2.45, 2.75) is 32.1 Å². The van der Waals surface area contributed by atoms with E-state index in [1.165, 1.54) is 12.1 Å². The second-order valence-corrected chi connectivity index (χ2v) is 4.54. The second kappa shape index (κ2) is 4.97. The van der Waals surface area contributed by atoms with E-state index >= 15 is 0 Å². The number of carbonyl (C=O) groups is 1. The SMILES string of the molecule is CC(C)(NCc1ccc(C(F)(F)F)cc1)C(N)=O. The van der Waals surface area contributed by atoms with Gasteiger partial charge in [0.05, 0.1) is 11.1 Å². The molecule has 1 aromatic carbocycles. The highest BCUT2D eigenvalue weighted by Crippen LogP contribution is 2.29. The highest BCUT2D eigenvalue weighted by atomic mass is 19.4. The van der Waals surface area contributed by atoms with E-state index in [-0.39, 0.29) is 6.54 Å². The highest BCUT2D eigenvalue weighted by Gasteiger charge is 2.30. The van der Waals surface area contributed by atoms with Gasteiger partial charge in [-0.25, -0.2) is 0 Å². The Hall–Kier alpha value is -1.56. The molecule has 100 valence electrons. The number of halogens is 3. The summed E-state index contributed by atoms with van der Waals surface area (Å²) < 4.78 is 37.0. The summed E-state index contributed by atoms with van der Waals surface area (Å²) in [6, 6.07) is 4.75. The number of primary amides is 1. The molecule has 0 aliphatic rings. The number of alkyl halides is 3. The van der Waals surface area contributed by atoms with Crippen molar-refractivity contribution in [2.75, 3.05) is 0 Å². The zero-order valence-corrected chi connectivity index (χ0v) is 10.1. The average Bonchev–Trinajstić information content (AvgIpc) is 2.25. The van der Waals surface area contributed by atoms with Gasteiger partial charge in [0.1, 0.15) is 0 Å². The molecule has 0 heterocycles. The van der Waals surface area contributed by atoms with Crippen molar-refractivity contribution in [1.82, 2.24) is 5.32 Å². The van der Waals surface area contributed by atoms with E-state index in [0.29, 0.717) is 5.56 Å². The lowest BCUT2D eigenvalue weighted by Crippen LogP contribution is -2.50. The topological polar surface area (TPSA) is 55.1 Å². The van der Waals surface area contributed by atoms with Crippen LogP contribution in [0.3, 0.4) is 0 Å². The van der Waals surface area contributed by atoms with Gasteiger partial charge in [-0.15, -0.1) is 0 Å². The molecule has 6 heteroatoms. The number of amides is 1. The Labute approximate surface area is 103 Å². The van der Waals surface area contributed by atoms with Crippen LogP contribution in [-0.4, -0.2) is 11.4 Å². The Bertz CT molecular complexity index is 424. The zero-order chi connectivity index (χ0) is 14.0. The number of benzene rings is 1. The Morgan fingerprint density at radius 3 is 2.11 bits per heavy atom. The summed E-state index contributed by atoms with van der Waals surface area (Å²) in [5, 5.41) is 2.88. The van der Waals surface area contributed by atoms with Gasteiger partial charge in [-0.05, 0) is 31.5 Å². The van der Waals surface area contributed by atoms with E-state index < -0.39 is 23.2 Å². The molecule has 0 aromatic heterocycles. The number of carbonyl (C=O) groups excluding carboxylic acids is 1. The molecule has 1 rings (SSSR count). The molecule has 3 nitrogen and oxygen atoms in total. The molecule has 18 heavy (non-hydrogen) atoms. The summed E-state index contributed by atoms with van der Waals surface area (Å²) in [4.78, 5) is 11.0. The third kappa shape index (κ3) is 3.73.